The van der Waals surface area contributed by atoms with Gasteiger partial charge in [-0.1, -0.05) is 32.9 Å². The third-order valence-electron chi connectivity index (χ3n) is 9.19. The number of alkyl halides is 1. The number of rotatable bonds is 4. The first-order valence-corrected chi connectivity index (χ1v) is 14.0. The van der Waals surface area contributed by atoms with Gasteiger partial charge in [0.05, 0.1) is 34.8 Å². The van der Waals surface area contributed by atoms with Gasteiger partial charge in [-0.2, -0.15) is 0 Å². The second-order valence-electron chi connectivity index (χ2n) is 12.0. The zero-order chi connectivity index (χ0) is 29.1. The molecule has 4 rings (SSSR count). The van der Waals surface area contributed by atoms with Gasteiger partial charge < -0.3 is 28.8 Å². The van der Waals surface area contributed by atoms with E-state index in [0.29, 0.717) is 18.4 Å². The van der Waals surface area contributed by atoms with E-state index >= 15 is 0 Å². The summed E-state index contributed by atoms with van der Waals surface area (Å²) in [6.07, 6.45) is -2.98. The lowest BCUT2D eigenvalue weighted by Gasteiger charge is -2.57. The summed E-state index contributed by atoms with van der Waals surface area (Å²) < 4.78 is 29.6. The average molecular weight is 571 g/mol. The SMILES string of the molecule is C=C1CC[C@H](OC(=O)C(C)C)[C@@]2(C)[C@@H](OC(C)=O)CCC3(CO3)[C@@H]2[C@H](OC(C)=O)[C@]2(O)[C@@H](C)C(=O)O[C@H]2[C@H]1Cl. The molecule has 10 nitrogen and oxygen atoms in total. The average Bonchev–Trinajstić information content (AvgIpc) is 3.58. The molecule has 218 valence electrons. The molecule has 0 amide bonds. The van der Waals surface area contributed by atoms with Crippen LogP contribution >= 0.6 is 11.6 Å². The molecule has 10 atom stereocenters. The minimum atomic E-state index is -2.09. The van der Waals surface area contributed by atoms with Crippen LogP contribution in [-0.4, -0.2) is 76.6 Å². The molecule has 0 aromatic carbocycles. The zero-order valence-corrected chi connectivity index (χ0v) is 24.1. The van der Waals surface area contributed by atoms with Crippen molar-refractivity contribution in [2.24, 2.45) is 23.2 Å². The van der Waals surface area contributed by atoms with E-state index in [0.717, 1.165) is 0 Å². The van der Waals surface area contributed by atoms with Gasteiger partial charge in [0.1, 0.15) is 18.3 Å². The fourth-order valence-corrected chi connectivity index (χ4v) is 7.29. The Labute approximate surface area is 233 Å². The van der Waals surface area contributed by atoms with Gasteiger partial charge in [0.25, 0.3) is 0 Å². The Bertz CT molecular complexity index is 1050. The fourth-order valence-electron chi connectivity index (χ4n) is 6.93. The number of aliphatic hydroxyl groups is 1. The molecule has 39 heavy (non-hydrogen) atoms. The maximum atomic E-state index is 13.0. The monoisotopic (exact) mass is 570 g/mol. The Hall–Kier alpha value is -2.17. The fraction of sp³-hybridized carbons (Fsp3) is 0.786. The number of esters is 4. The second-order valence-corrected chi connectivity index (χ2v) is 12.5. The number of hydrogen-bond acceptors (Lipinski definition) is 10. The minimum Gasteiger partial charge on any atom is -0.462 e. The van der Waals surface area contributed by atoms with Crippen LogP contribution in [0.25, 0.3) is 0 Å². The molecule has 2 saturated heterocycles. The Morgan fingerprint density at radius 1 is 1.10 bits per heavy atom. The molecule has 4 fully saturated rings. The number of ether oxygens (including phenoxy) is 5. The van der Waals surface area contributed by atoms with Crippen LogP contribution in [0.3, 0.4) is 0 Å². The second kappa shape index (κ2) is 10.3. The molecular weight excluding hydrogens is 532 g/mol. The van der Waals surface area contributed by atoms with E-state index in [1.807, 2.05) is 6.92 Å². The van der Waals surface area contributed by atoms with Crippen molar-refractivity contribution < 1.29 is 48.0 Å². The summed E-state index contributed by atoms with van der Waals surface area (Å²) in [5, 5.41) is 11.5. The minimum absolute atomic E-state index is 0.253. The van der Waals surface area contributed by atoms with Crippen LogP contribution in [-0.2, 0) is 42.9 Å². The van der Waals surface area contributed by atoms with Crippen molar-refractivity contribution in [2.75, 3.05) is 6.61 Å². The molecule has 1 spiro atoms. The standard InChI is InChI=1S/C28H39ClO10/c1-13(2)24(32)38-18-9-8-14(3)20(29)22-28(34,15(4)25(33)39-22)23(37-17(6)31)21-26(18,7)19(36-16(5)30)10-11-27(21)12-35-27/h13,15,18-23,34H,3,8-12H2,1-2,4-7H3/t15-,18-,19-,20-,21+,22-,23-,26-,27?,28-/m0/s1. The van der Waals surface area contributed by atoms with Gasteiger partial charge in [0.15, 0.2) is 11.7 Å². The molecule has 0 bridgehead atoms. The van der Waals surface area contributed by atoms with Crippen LogP contribution in [0.5, 0.6) is 0 Å². The van der Waals surface area contributed by atoms with E-state index in [4.69, 9.17) is 35.3 Å². The number of carbonyl (C=O) groups is 4. The number of carbonyl (C=O) groups excluding carboxylic acids is 4. The first kappa shape index (κ1) is 29.8. The maximum Gasteiger partial charge on any atom is 0.312 e. The van der Waals surface area contributed by atoms with Crippen molar-refractivity contribution in [3.05, 3.63) is 12.2 Å². The summed E-state index contributed by atoms with van der Waals surface area (Å²) in [5.74, 6) is -4.84. The van der Waals surface area contributed by atoms with Crippen LogP contribution in [0.4, 0.5) is 0 Å². The van der Waals surface area contributed by atoms with E-state index in [-0.39, 0.29) is 19.4 Å². The van der Waals surface area contributed by atoms with E-state index in [9.17, 15) is 24.3 Å². The van der Waals surface area contributed by atoms with Crippen molar-refractivity contribution in [3.63, 3.8) is 0 Å². The summed E-state index contributed by atoms with van der Waals surface area (Å²) in [5.41, 5.74) is -3.74. The van der Waals surface area contributed by atoms with Crippen LogP contribution < -0.4 is 0 Å². The number of fused-ring (bicyclic) bond motifs is 3. The highest BCUT2D eigenvalue weighted by molar-refractivity contribution is 6.23. The maximum absolute atomic E-state index is 13.0. The third kappa shape index (κ3) is 4.86. The molecule has 4 aliphatic rings. The van der Waals surface area contributed by atoms with Crippen LogP contribution in [0.2, 0.25) is 0 Å². The number of halogens is 1. The molecule has 0 radical (unpaired) electrons. The highest BCUT2D eigenvalue weighted by Gasteiger charge is 2.75. The van der Waals surface area contributed by atoms with Crippen molar-refractivity contribution in [2.45, 2.75) is 108 Å². The lowest BCUT2D eigenvalue weighted by molar-refractivity contribution is -0.245. The van der Waals surface area contributed by atoms with Gasteiger partial charge >= 0.3 is 23.9 Å². The molecule has 0 aromatic rings. The van der Waals surface area contributed by atoms with Crippen molar-refractivity contribution in [3.8, 4) is 0 Å². The van der Waals surface area contributed by atoms with E-state index in [1.165, 1.54) is 20.8 Å². The molecule has 2 heterocycles. The summed E-state index contributed by atoms with van der Waals surface area (Å²) in [7, 11) is 0. The zero-order valence-electron chi connectivity index (χ0n) is 23.4. The van der Waals surface area contributed by atoms with Crippen molar-refractivity contribution in [1.29, 1.82) is 0 Å². The van der Waals surface area contributed by atoms with Gasteiger partial charge in [-0.05, 0) is 32.6 Å². The summed E-state index contributed by atoms with van der Waals surface area (Å²) in [6, 6.07) is 0. The van der Waals surface area contributed by atoms with Crippen molar-refractivity contribution in [1.82, 2.24) is 0 Å². The van der Waals surface area contributed by atoms with Gasteiger partial charge in [0.2, 0.25) is 0 Å². The Morgan fingerprint density at radius 2 is 1.69 bits per heavy atom. The highest BCUT2D eigenvalue weighted by atomic mass is 35.5. The third-order valence-corrected chi connectivity index (χ3v) is 9.73. The number of hydrogen-bond donors (Lipinski definition) is 1. The molecule has 2 aliphatic carbocycles. The largest absolute Gasteiger partial charge is 0.462 e. The lowest BCUT2D eigenvalue weighted by Crippen LogP contribution is -2.70. The molecular formula is C28H39ClO10. The quantitative estimate of drug-likeness (QED) is 0.176. The smallest absolute Gasteiger partial charge is 0.312 e. The Balaban J connectivity index is 2.00. The van der Waals surface area contributed by atoms with Gasteiger partial charge in [-0.15, -0.1) is 11.6 Å². The molecule has 2 saturated carbocycles. The van der Waals surface area contributed by atoms with Crippen LogP contribution in [0.15, 0.2) is 12.2 Å². The van der Waals surface area contributed by atoms with Crippen LogP contribution in [0, 0.1) is 23.2 Å². The molecule has 2 aliphatic heterocycles. The van der Waals surface area contributed by atoms with Gasteiger partial charge in [-0.3, -0.25) is 19.2 Å². The highest BCUT2D eigenvalue weighted by Crippen LogP contribution is 2.62. The first-order valence-electron chi connectivity index (χ1n) is 13.5. The van der Waals surface area contributed by atoms with Crippen LogP contribution in [0.1, 0.15) is 67.2 Å². The molecule has 11 heteroatoms. The van der Waals surface area contributed by atoms with E-state index in [2.05, 4.69) is 6.58 Å². The predicted octanol–water partition coefficient (Wildman–Crippen LogP) is 2.85. The Morgan fingerprint density at radius 3 is 2.23 bits per heavy atom. The lowest BCUT2D eigenvalue weighted by atomic mass is 9.52. The first-order chi connectivity index (χ1) is 18.1. The topological polar surface area (TPSA) is 138 Å². The van der Waals surface area contributed by atoms with Gasteiger partial charge in [-0.25, -0.2) is 0 Å². The van der Waals surface area contributed by atoms with Gasteiger partial charge in [0, 0.05) is 19.8 Å². The Kier molecular flexibility index (Phi) is 7.90. The normalized spacial score (nSPS) is 43.7. The summed E-state index contributed by atoms with van der Waals surface area (Å²) in [6.45, 7) is 13.6. The molecule has 0 aromatic heterocycles. The van der Waals surface area contributed by atoms with E-state index in [1.54, 1.807) is 13.8 Å². The van der Waals surface area contributed by atoms with E-state index < -0.39 is 88.0 Å². The van der Waals surface area contributed by atoms with Crippen molar-refractivity contribution >= 4 is 35.5 Å². The predicted molar refractivity (Wildman–Crippen MR) is 137 cm³/mol. The number of epoxide rings is 1. The summed E-state index contributed by atoms with van der Waals surface area (Å²) >= 11 is 6.81. The summed E-state index contributed by atoms with van der Waals surface area (Å²) in [4.78, 5) is 50.9. The molecule has 1 N–H and O–H groups in total. The molecule has 1 unspecified atom stereocenters.